The lowest BCUT2D eigenvalue weighted by Gasteiger charge is -2.17. The fourth-order valence-corrected chi connectivity index (χ4v) is 3.87. The van der Waals surface area contributed by atoms with Crippen molar-refractivity contribution in [2.24, 2.45) is 0 Å². The first-order valence-corrected chi connectivity index (χ1v) is 8.80. The molecule has 23 heavy (non-hydrogen) atoms. The van der Waals surface area contributed by atoms with Crippen molar-refractivity contribution in [3.8, 4) is 5.69 Å². The van der Waals surface area contributed by atoms with Crippen molar-refractivity contribution in [2.45, 2.75) is 34.1 Å². The molecule has 0 amide bonds. The van der Waals surface area contributed by atoms with Gasteiger partial charge in [-0.3, -0.25) is 9.36 Å². The third-order valence-electron chi connectivity index (χ3n) is 4.18. The second-order valence-corrected chi connectivity index (χ2v) is 7.13. The van der Waals surface area contributed by atoms with Gasteiger partial charge >= 0.3 is 0 Å². The quantitative estimate of drug-likeness (QED) is 0.576. The first-order valence-electron chi connectivity index (χ1n) is 7.72. The maximum Gasteiger partial charge on any atom is 0.266 e. The van der Waals surface area contributed by atoms with Crippen molar-refractivity contribution >= 4 is 33.5 Å². The van der Waals surface area contributed by atoms with Crippen LogP contribution in [0.5, 0.6) is 0 Å². The average molecular weight is 418 g/mol. The Morgan fingerprint density at radius 1 is 1.09 bits per heavy atom. The van der Waals surface area contributed by atoms with Crippen LogP contribution in [0.1, 0.15) is 29.4 Å². The molecule has 0 unspecified atom stereocenters. The molecule has 0 atom stereocenters. The lowest BCUT2D eigenvalue weighted by molar-refractivity contribution is 0.823. The normalized spacial score (nSPS) is 11.2. The van der Waals surface area contributed by atoms with Crippen LogP contribution in [0.2, 0.25) is 0 Å². The smallest absolute Gasteiger partial charge is 0.266 e. The summed E-state index contributed by atoms with van der Waals surface area (Å²) < 4.78 is 2.85. The number of para-hydroxylation sites is 1. The predicted octanol–water partition coefficient (Wildman–Crippen LogP) is 4.48. The minimum Gasteiger partial charge on any atom is -0.268 e. The van der Waals surface area contributed by atoms with Crippen molar-refractivity contribution in [1.29, 1.82) is 0 Å². The summed E-state index contributed by atoms with van der Waals surface area (Å²) in [4.78, 5) is 18.1. The fraction of sp³-hybridized carbons (Fsp3) is 0.263. The molecule has 0 aliphatic rings. The van der Waals surface area contributed by atoms with Crippen LogP contribution >= 0.6 is 22.6 Å². The Morgan fingerprint density at radius 2 is 1.74 bits per heavy atom. The van der Waals surface area contributed by atoms with Gasteiger partial charge in [-0.2, -0.15) is 0 Å². The summed E-state index contributed by atoms with van der Waals surface area (Å²) >= 11 is 2.25. The van der Waals surface area contributed by atoms with E-state index in [2.05, 4.69) is 28.7 Å². The van der Waals surface area contributed by atoms with E-state index >= 15 is 0 Å². The molecule has 3 nitrogen and oxygen atoms in total. The highest BCUT2D eigenvalue weighted by Crippen LogP contribution is 2.23. The van der Waals surface area contributed by atoms with Gasteiger partial charge in [0.15, 0.2) is 0 Å². The Balaban J connectivity index is 2.51. The molecule has 0 radical (unpaired) electrons. The van der Waals surface area contributed by atoms with Gasteiger partial charge in [0, 0.05) is 9.99 Å². The van der Waals surface area contributed by atoms with E-state index in [9.17, 15) is 4.79 Å². The van der Waals surface area contributed by atoms with E-state index in [-0.39, 0.29) is 5.56 Å². The zero-order valence-corrected chi connectivity index (χ0v) is 15.9. The van der Waals surface area contributed by atoms with Crippen molar-refractivity contribution in [1.82, 2.24) is 9.55 Å². The summed E-state index contributed by atoms with van der Waals surface area (Å²) in [5.74, 6) is 0.809. The van der Waals surface area contributed by atoms with Crippen molar-refractivity contribution in [2.75, 3.05) is 0 Å². The first kappa shape index (κ1) is 16.2. The molecule has 0 aliphatic carbocycles. The van der Waals surface area contributed by atoms with Crippen LogP contribution in [0.3, 0.4) is 0 Å². The highest BCUT2D eigenvalue weighted by atomic mass is 127. The van der Waals surface area contributed by atoms with Gasteiger partial charge in [0.1, 0.15) is 5.82 Å². The van der Waals surface area contributed by atoms with Crippen LogP contribution in [0.15, 0.2) is 35.1 Å². The SMILES string of the molecule is CCc1nc2c(C)cc(I)cc2c(=O)n1-c1c(C)cccc1C. The Bertz CT molecular complexity index is 953. The second kappa shape index (κ2) is 6.07. The number of benzene rings is 2. The molecule has 4 heteroatoms. The Hall–Kier alpha value is -1.69. The molecule has 0 bridgehead atoms. The van der Waals surface area contributed by atoms with E-state index in [0.29, 0.717) is 11.8 Å². The highest BCUT2D eigenvalue weighted by molar-refractivity contribution is 14.1. The Labute approximate surface area is 149 Å². The first-order chi connectivity index (χ1) is 10.9. The molecule has 0 saturated heterocycles. The summed E-state index contributed by atoms with van der Waals surface area (Å²) in [6.45, 7) is 8.14. The molecule has 0 N–H and O–H groups in total. The van der Waals surface area contributed by atoms with Gasteiger partial charge in [0.2, 0.25) is 0 Å². The van der Waals surface area contributed by atoms with Gasteiger partial charge in [0.05, 0.1) is 16.6 Å². The zero-order chi connectivity index (χ0) is 16.7. The van der Waals surface area contributed by atoms with Crippen LogP contribution < -0.4 is 5.56 Å². The number of halogens is 1. The lowest BCUT2D eigenvalue weighted by atomic mass is 10.1. The lowest BCUT2D eigenvalue weighted by Crippen LogP contribution is -2.25. The van der Waals surface area contributed by atoms with Crippen LogP contribution in [0.25, 0.3) is 16.6 Å². The Kier molecular flexibility index (Phi) is 4.27. The van der Waals surface area contributed by atoms with Crippen molar-refractivity contribution in [3.63, 3.8) is 0 Å². The van der Waals surface area contributed by atoms with Crippen molar-refractivity contribution < 1.29 is 0 Å². The third-order valence-corrected chi connectivity index (χ3v) is 4.80. The molecule has 118 valence electrons. The van der Waals surface area contributed by atoms with E-state index < -0.39 is 0 Å². The topological polar surface area (TPSA) is 34.9 Å². The summed E-state index contributed by atoms with van der Waals surface area (Å²) in [7, 11) is 0. The molecule has 0 aliphatic heterocycles. The minimum absolute atomic E-state index is 0.0193. The van der Waals surface area contributed by atoms with Gasteiger partial charge < -0.3 is 0 Å². The van der Waals surface area contributed by atoms with E-state index in [0.717, 1.165) is 37.3 Å². The van der Waals surface area contributed by atoms with Gasteiger partial charge in [0.25, 0.3) is 5.56 Å². The number of aryl methyl sites for hydroxylation is 4. The predicted molar refractivity (Wildman–Crippen MR) is 104 cm³/mol. The largest absolute Gasteiger partial charge is 0.268 e. The number of fused-ring (bicyclic) bond motifs is 1. The van der Waals surface area contributed by atoms with Gasteiger partial charge in [-0.25, -0.2) is 4.98 Å². The number of nitrogens with zero attached hydrogens (tertiary/aromatic N) is 2. The van der Waals surface area contributed by atoms with E-state index in [1.165, 1.54) is 0 Å². The molecular formula is C19H19IN2O. The molecule has 1 heterocycles. The molecule has 3 rings (SSSR count). The monoisotopic (exact) mass is 418 g/mol. The summed E-state index contributed by atoms with van der Waals surface area (Å²) in [5, 5.41) is 0.689. The maximum absolute atomic E-state index is 13.2. The average Bonchev–Trinajstić information content (AvgIpc) is 2.49. The summed E-state index contributed by atoms with van der Waals surface area (Å²) in [6.07, 6.45) is 0.713. The van der Waals surface area contributed by atoms with Crippen LogP contribution in [-0.4, -0.2) is 9.55 Å². The zero-order valence-electron chi connectivity index (χ0n) is 13.8. The molecule has 0 spiro atoms. The number of hydrogen-bond donors (Lipinski definition) is 0. The van der Waals surface area contributed by atoms with Crippen LogP contribution in [0, 0.1) is 24.3 Å². The second-order valence-electron chi connectivity index (χ2n) is 5.88. The molecule has 3 aromatic rings. The third kappa shape index (κ3) is 2.69. The number of hydrogen-bond acceptors (Lipinski definition) is 2. The molecule has 0 saturated carbocycles. The van der Waals surface area contributed by atoms with Gasteiger partial charge in [-0.05, 0) is 72.2 Å². The van der Waals surface area contributed by atoms with E-state index in [1.807, 2.05) is 52.0 Å². The van der Waals surface area contributed by atoms with E-state index in [4.69, 9.17) is 4.98 Å². The molecular weight excluding hydrogens is 399 g/mol. The van der Waals surface area contributed by atoms with E-state index in [1.54, 1.807) is 4.57 Å². The Morgan fingerprint density at radius 3 is 2.35 bits per heavy atom. The molecule has 1 aromatic heterocycles. The van der Waals surface area contributed by atoms with Crippen LogP contribution in [0.4, 0.5) is 0 Å². The summed E-state index contributed by atoms with van der Waals surface area (Å²) in [6, 6.07) is 10.1. The maximum atomic E-state index is 13.2. The minimum atomic E-state index is 0.0193. The standard InChI is InChI=1S/C19H19IN2O/c1-5-16-21-17-13(4)9-14(20)10-15(17)19(23)22(16)18-11(2)7-6-8-12(18)3/h6-10H,5H2,1-4H3. The summed E-state index contributed by atoms with van der Waals surface area (Å²) in [5.41, 5.74) is 5.02. The van der Waals surface area contributed by atoms with Gasteiger partial charge in [-0.1, -0.05) is 25.1 Å². The van der Waals surface area contributed by atoms with Gasteiger partial charge in [-0.15, -0.1) is 0 Å². The number of aromatic nitrogens is 2. The van der Waals surface area contributed by atoms with Crippen molar-refractivity contribution in [3.05, 3.63) is 66.8 Å². The molecule has 0 fully saturated rings. The van der Waals surface area contributed by atoms with Crippen LogP contribution in [-0.2, 0) is 6.42 Å². The fourth-order valence-electron chi connectivity index (χ4n) is 3.09. The number of rotatable bonds is 2. The molecule has 2 aromatic carbocycles. The highest BCUT2D eigenvalue weighted by Gasteiger charge is 2.16.